The van der Waals surface area contributed by atoms with E-state index in [-0.39, 0.29) is 0 Å². The number of fused-ring (bicyclic) bond motifs is 1. The summed E-state index contributed by atoms with van der Waals surface area (Å²) in [5.74, 6) is 1.78. The Labute approximate surface area is 124 Å². The summed E-state index contributed by atoms with van der Waals surface area (Å²) in [5.41, 5.74) is 1.34. The van der Waals surface area contributed by atoms with Gasteiger partial charge in [-0.3, -0.25) is 4.90 Å². The van der Waals surface area contributed by atoms with Gasteiger partial charge >= 0.3 is 0 Å². The van der Waals surface area contributed by atoms with Crippen LogP contribution in [-0.2, 0) is 6.54 Å². The second-order valence-corrected chi connectivity index (χ2v) is 7.17. The predicted molar refractivity (Wildman–Crippen MR) is 84.9 cm³/mol. The van der Waals surface area contributed by atoms with E-state index in [1.165, 1.54) is 41.5 Å². The molecule has 2 fully saturated rings. The van der Waals surface area contributed by atoms with Gasteiger partial charge in [-0.25, -0.2) is 0 Å². The molecule has 2 atom stereocenters. The highest BCUT2D eigenvalue weighted by Crippen LogP contribution is 2.31. The summed E-state index contributed by atoms with van der Waals surface area (Å²) in [6.07, 6.45) is 0. The van der Waals surface area contributed by atoms with Gasteiger partial charge in [0.15, 0.2) is 0 Å². The summed E-state index contributed by atoms with van der Waals surface area (Å²) in [4.78, 5) is 5.52. The zero-order chi connectivity index (χ0) is 13.4. The van der Waals surface area contributed by atoms with Crippen LogP contribution in [0.3, 0.4) is 0 Å². The first-order chi connectivity index (χ1) is 9.88. The van der Waals surface area contributed by atoms with Crippen molar-refractivity contribution < 1.29 is 0 Å². The van der Waals surface area contributed by atoms with Gasteiger partial charge < -0.3 is 5.32 Å². The summed E-state index contributed by atoms with van der Waals surface area (Å²) in [5, 5.41) is 3.51. The van der Waals surface area contributed by atoms with E-state index < -0.39 is 0 Å². The lowest BCUT2D eigenvalue weighted by Crippen LogP contribution is -2.24. The molecular formula is C17H20N2S. The number of benzene rings is 1. The summed E-state index contributed by atoms with van der Waals surface area (Å²) in [6.45, 7) is 6.12. The Morgan fingerprint density at radius 3 is 2.50 bits per heavy atom. The van der Waals surface area contributed by atoms with Crippen molar-refractivity contribution in [2.45, 2.75) is 6.54 Å². The lowest BCUT2D eigenvalue weighted by molar-refractivity contribution is 0.308. The van der Waals surface area contributed by atoms with E-state index in [2.05, 4.69) is 52.7 Å². The smallest absolute Gasteiger partial charge is 0.0346 e. The van der Waals surface area contributed by atoms with E-state index in [0.717, 1.165) is 18.4 Å². The number of likely N-dealkylation sites (tertiary alicyclic amines) is 1. The van der Waals surface area contributed by atoms with Gasteiger partial charge in [0.1, 0.15) is 0 Å². The molecule has 1 N–H and O–H groups in total. The van der Waals surface area contributed by atoms with Gasteiger partial charge in [0.05, 0.1) is 0 Å². The van der Waals surface area contributed by atoms with Gasteiger partial charge in [-0.2, -0.15) is 0 Å². The van der Waals surface area contributed by atoms with Crippen molar-refractivity contribution in [1.29, 1.82) is 0 Å². The third kappa shape index (κ3) is 2.41. The minimum atomic E-state index is 0.892. The van der Waals surface area contributed by atoms with Crippen molar-refractivity contribution >= 4 is 11.3 Å². The van der Waals surface area contributed by atoms with Crippen LogP contribution in [0.25, 0.3) is 10.4 Å². The minimum Gasteiger partial charge on any atom is -0.316 e. The predicted octanol–water partition coefficient (Wildman–Crippen LogP) is 3.07. The number of hydrogen-bond acceptors (Lipinski definition) is 3. The Morgan fingerprint density at radius 1 is 1.00 bits per heavy atom. The fourth-order valence-electron chi connectivity index (χ4n) is 3.52. The molecule has 104 valence electrons. The lowest BCUT2D eigenvalue weighted by Gasteiger charge is -2.15. The molecule has 0 unspecified atom stereocenters. The molecule has 4 rings (SSSR count). The van der Waals surface area contributed by atoms with E-state index in [0.29, 0.717) is 0 Å². The van der Waals surface area contributed by atoms with Crippen molar-refractivity contribution in [3.8, 4) is 10.4 Å². The van der Waals surface area contributed by atoms with Crippen LogP contribution in [0.2, 0.25) is 0 Å². The molecule has 3 heterocycles. The summed E-state index contributed by atoms with van der Waals surface area (Å²) in [6, 6.07) is 15.3. The molecular weight excluding hydrogens is 264 g/mol. The van der Waals surface area contributed by atoms with Gasteiger partial charge in [0.2, 0.25) is 0 Å². The molecule has 2 aliphatic heterocycles. The molecule has 2 aliphatic rings. The van der Waals surface area contributed by atoms with Crippen LogP contribution in [0, 0.1) is 11.8 Å². The molecule has 2 saturated heterocycles. The van der Waals surface area contributed by atoms with E-state index in [1.54, 1.807) is 0 Å². The maximum absolute atomic E-state index is 3.51. The number of thiophene rings is 1. The van der Waals surface area contributed by atoms with Gasteiger partial charge in [-0.05, 0) is 42.6 Å². The fraction of sp³-hybridized carbons (Fsp3) is 0.412. The second kappa shape index (κ2) is 5.32. The summed E-state index contributed by atoms with van der Waals surface area (Å²) in [7, 11) is 0. The molecule has 1 aromatic heterocycles. The van der Waals surface area contributed by atoms with Crippen LogP contribution in [0.4, 0.5) is 0 Å². The van der Waals surface area contributed by atoms with Gasteiger partial charge in [-0.15, -0.1) is 11.3 Å². The van der Waals surface area contributed by atoms with E-state index >= 15 is 0 Å². The van der Waals surface area contributed by atoms with Crippen LogP contribution in [0.15, 0.2) is 42.5 Å². The van der Waals surface area contributed by atoms with Crippen molar-refractivity contribution in [3.63, 3.8) is 0 Å². The molecule has 3 heteroatoms. The van der Waals surface area contributed by atoms with Gasteiger partial charge in [-0.1, -0.05) is 30.3 Å². The largest absolute Gasteiger partial charge is 0.316 e. The highest BCUT2D eigenvalue weighted by atomic mass is 32.1. The summed E-state index contributed by atoms with van der Waals surface area (Å²) >= 11 is 1.94. The standard InChI is InChI=1S/C17H20N2S/c1-2-4-13(5-3-1)17-7-6-16(20-17)12-19-10-14-8-18-9-15(14)11-19/h1-7,14-15,18H,8-12H2/t14-,15+. The van der Waals surface area contributed by atoms with Crippen LogP contribution >= 0.6 is 11.3 Å². The average molecular weight is 284 g/mol. The highest BCUT2D eigenvalue weighted by Gasteiger charge is 2.35. The normalized spacial score (nSPS) is 26.0. The third-order valence-corrected chi connectivity index (χ3v) is 5.68. The number of hydrogen-bond donors (Lipinski definition) is 1. The Kier molecular flexibility index (Phi) is 3.34. The molecule has 0 amide bonds. The molecule has 0 radical (unpaired) electrons. The Morgan fingerprint density at radius 2 is 1.75 bits per heavy atom. The third-order valence-electron chi connectivity index (χ3n) is 4.56. The zero-order valence-electron chi connectivity index (χ0n) is 11.6. The first-order valence-electron chi connectivity index (χ1n) is 7.46. The molecule has 0 aliphatic carbocycles. The fourth-order valence-corrected chi connectivity index (χ4v) is 4.58. The average Bonchev–Trinajstić information content (AvgIpc) is 3.16. The highest BCUT2D eigenvalue weighted by molar-refractivity contribution is 7.15. The molecule has 2 nitrogen and oxygen atoms in total. The maximum Gasteiger partial charge on any atom is 0.0346 e. The topological polar surface area (TPSA) is 15.3 Å². The molecule has 0 saturated carbocycles. The van der Waals surface area contributed by atoms with Gasteiger partial charge in [0, 0.05) is 29.4 Å². The van der Waals surface area contributed by atoms with Crippen molar-refractivity contribution in [2.24, 2.45) is 11.8 Å². The minimum absolute atomic E-state index is 0.892. The van der Waals surface area contributed by atoms with Crippen LogP contribution < -0.4 is 5.32 Å². The monoisotopic (exact) mass is 284 g/mol. The van der Waals surface area contributed by atoms with Crippen LogP contribution in [0.1, 0.15) is 4.88 Å². The maximum atomic E-state index is 3.51. The van der Waals surface area contributed by atoms with E-state index in [1.807, 2.05) is 11.3 Å². The molecule has 1 aromatic carbocycles. The number of nitrogens with one attached hydrogen (secondary N) is 1. The summed E-state index contributed by atoms with van der Waals surface area (Å²) < 4.78 is 0. The van der Waals surface area contributed by atoms with Crippen molar-refractivity contribution in [2.75, 3.05) is 26.2 Å². The van der Waals surface area contributed by atoms with E-state index in [4.69, 9.17) is 0 Å². The Hall–Kier alpha value is -1.16. The second-order valence-electron chi connectivity index (χ2n) is 6.00. The zero-order valence-corrected chi connectivity index (χ0v) is 12.4. The SMILES string of the molecule is c1ccc(-c2ccc(CN3C[C@H]4CNC[C@H]4C3)s2)cc1. The quantitative estimate of drug-likeness (QED) is 0.932. The lowest BCUT2D eigenvalue weighted by atomic mass is 10.0. The Bertz CT molecular complexity index is 566. The number of rotatable bonds is 3. The van der Waals surface area contributed by atoms with E-state index in [9.17, 15) is 0 Å². The molecule has 20 heavy (non-hydrogen) atoms. The van der Waals surface area contributed by atoms with Crippen molar-refractivity contribution in [1.82, 2.24) is 10.2 Å². The molecule has 0 bridgehead atoms. The van der Waals surface area contributed by atoms with Crippen molar-refractivity contribution in [3.05, 3.63) is 47.3 Å². The number of nitrogens with zero attached hydrogens (tertiary/aromatic N) is 1. The van der Waals surface area contributed by atoms with Crippen LogP contribution in [-0.4, -0.2) is 31.1 Å². The van der Waals surface area contributed by atoms with Gasteiger partial charge in [0.25, 0.3) is 0 Å². The van der Waals surface area contributed by atoms with Crippen LogP contribution in [0.5, 0.6) is 0 Å². The molecule has 0 spiro atoms. The first kappa shape index (κ1) is 12.6. The Balaban J connectivity index is 1.44. The first-order valence-corrected chi connectivity index (χ1v) is 8.27. The molecule has 2 aromatic rings.